The molecule has 1 amide bonds. The highest BCUT2D eigenvalue weighted by atomic mass is 35.5. The zero-order valence-electron chi connectivity index (χ0n) is 10.2. The molecule has 1 atom stereocenters. The molecule has 1 aromatic rings. The summed E-state index contributed by atoms with van der Waals surface area (Å²) in [6.07, 6.45) is 3.07. The number of rotatable bonds is 5. The van der Waals surface area contributed by atoms with E-state index in [1.54, 1.807) is 12.3 Å². The first kappa shape index (κ1) is 13.8. The van der Waals surface area contributed by atoms with E-state index in [2.05, 4.69) is 10.3 Å². The van der Waals surface area contributed by atoms with E-state index in [1.165, 1.54) is 13.3 Å². The Bertz CT molecular complexity index is 383. The average molecular weight is 257 g/mol. The van der Waals surface area contributed by atoms with Crippen LogP contribution in [0, 0.1) is 5.92 Å². The van der Waals surface area contributed by atoms with Crippen LogP contribution in [0.5, 0.6) is 5.75 Å². The summed E-state index contributed by atoms with van der Waals surface area (Å²) in [5, 5.41) is 2.88. The molecule has 1 N–H and O–H groups in total. The van der Waals surface area contributed by atoms with Crippen LogP contribution in [0.4, 0.5) is 0 Å². The highest BCUT2D eigenvalue weighted by Gasteiger charge is 2.18. The molecular formula is C12H17ClN2O2. The zero-order valence-corrected chi connectivity index (χ0v) is 11.0. The van der Waals surface area contributed by atoms with Gasteiger partial charge in [0, 0.05) is 18.1 Å². The zero-order chi connectivity index (χ0) is 12.8. The molecule has 1 rings (SSSR count). The summed E-state index contributed by atoms with van der Waals surface area (Å²) in [6.45, 7) is 4.02. The SMILES string of the molecule is COc1cnccc1C(=O)NC(CCl)C(C)C. The molecule has 0 saturated heterocycles. The minimum Gasteiger partial charge on any atom is -0.494 e. The largest absolute Gasteiger partial charge is 0.494 e. The first-order valence-corrected chi connectivity index (χ1v) is 5.98. The van der Waals surface area contributed by atoms with Crippen LogP contribution >= 0.6 is 11.6 Å². The van der Waals surface area contributed by atoms with Crippen LogP contribution in [0.15, 0.2) is 18.5 Å². The molecular weight excluding hydrogens is 240 g/mol. The molecule has 0 spiro atoms. The fourth-order valence-corrected chi connectivity index (χ4v) is 1.79. The second kappa shape index (κ2) is 6.45. The van der Waals surface area contributed by atoms with Crippen molar-refractivity contribution < 1.29 is 9.53 Å². The lowest BCUT2D eigenvalue weighted by atomic mass is 10.1. The Morgan fingerprint density at radius 1 is 1.59 bits per heavy atom. The van der Waals surface area contributed by atoms with Gasteiger partial charge in [0.25, 0.3) is 5.91 Å². The van der Waals surface area contributed by atoms with E-state index in [9.17, 15) is 4.79 Å². The molecule has 17 heavy (non-hydrogen) atoms. The number of carbonyl (C=O) groups excluding carboxylic acids is 1. The number of pyridine rings is 1. The van der Waals surface area contributed by atoms with Crippen molar-refractivity contribution in [3.63, 3.8) is 0 Å². The van der Waals surface area contributed by atoms with Crippen LogP contribution in [0.3, 0.4) is 0 Å². The Labute approximate surface area is 106 Å². The third-order valence-electron chi connectivity index (χ3n) is 2.54. The molecule has 5 heteroatoms. The third kappa shape index (κ3) is 3.60. The number of hydrogen-bond acceptors (Lipinski definition) is 3. The first-order chi connectivity index (χ1) is 8.10. The number of hydrogen-bond donors (Lipinski definition) is 1. The Hall–Kier alpha value is -1.29. The lowest BCUT2D eigenvalue weighted by Gasteiger charge is -2.20. The van der Waals surface area contributed by atoms with E-state index in [-0.39, 0.29) is 17.9 Å². The van der Waals surface area contributed by atoms with Crippen LogP contribution in [-0.2, 0) is 0 Å². The van der Waals surface area contributed by atoms with Gasteiger partial charge in [0.1, 0.15) is 5.75 Å². The summed E-state index contributed by atoms with van der Waals surface area (Å²) in [7, 11) is 1.51. The van der Waals surface area contributed by atoms with Gasteiger partial charge in [0.2, 0.25) is 0 Å². The van der Waals surface area contributed by atoms with E-state index in [1.807, 2.05) is 13.8 Å². The lowest BCUT2D eigenvalue weighted by Crippen LogP contribution is -2.40. The first-order valence-electron chi connectivity index (χ1n) is 5.45. The molecule has 0 aromatic carbocycles. The molecule has 0 radical (unpaired) electrons. The molecule has 0 aliphatic rings. The lowest BCUT2D eigenvalue weighted by molar-refractivity contribution is 0.0928. The minimum absolute atomic E-state index is 0.0537. The summed E-state index contributed by atoms with van der Waals surface area (Å²) in [5.74, 6) is 0.937. The van der Waals surface area contributed by atoms with Crippen molar-refractivity contribution in [3.8, 4) is 5.75 Å². The number of carbonyl (C=O) groups is 1. The van der Waals surface area contributed by atoms with Crippen LogP contribution in [0.2, 0.25) is 0 Å². The highest BCUT2D eigenvalue weighted by molar-refractivity contribution is 6.18. The van der Waals surface area contributed by atoms with Gasteiger partial charge >= 0.3 is 0 Å². The molecule has 0 saturated carbocycles. The van der Waals surface area contributed by atoms with Crippen molar-refractivity contribution in [3.05, 3.63) is 24.0 Å². The van der Waals surface area contributed by atoms with Crippen LogP contribution < -0.4 is 10.1 Å². The summed E-state index contributed by atoms with van der Waals surface area (Å²) >= 11 is 5.81. The third-order valence-corrected chi connectivity index (χ3v) is 2.87. The van der Waals surface area contributed by atoms with Crippen molar-refractivity contribution in [1.82, 2.24) is 10.3 Å². The molecule has 0 aliphatic heterocycles. The maximum atomic E-state index is 12.0. The molecule has 1 aromatic heterocycles. The van der Waals surface area contributed by atoms with Gasteiger partial charge in [0.05, 0.1) is 18.9 Å². The van der Waals surface area contributed by atoms with Crippen molar-refractivity contribution in [2.45, 2.75) is 19.9 Å². The predicted molar refractivity (Wildman–Crippen MR) is 67.6 cm³/mol. The molecule has 1 unspecified atom stereocenters. The van der Waals surface area contributed by atoms with Gasteiger partial charge in [-0.25, -0.2) is 0 Å². The number of nitrogens with zero attached hydrogens (tertiary/aromatic N) is 1. The topological polar surface area (TPSA) is 51.2 Å². The fourth-order valence-electron chi connectivity index (χ4n) is 1.36. The van der Waals surface area contributed by atoms with E-state index in [0.717, 1.165) is 0 Å². The number of methoxy groups -OCH3 is 1. The van der Waals surface area contributed by atoms with E-state index in [4.69, 9.17) is 16.3 Å². The Morgan fingerprint density at radius 3 is 2.82 bits per heavy atom. The van der Waals surface area contributed by atoms with E-state index >= 15 is 0 Å². The molecule has 0 fully saturated rings. The number of ether oxygens (including phenoxy) is 1. The summed E-state index contributed by atoms with van der Waals surface area (Å²) < 4.78 is 5.09. The van der Waals surface area contributed by atoms with E-state index in [0.29, 0.717) is 17.2 Å². The van der Waals surface area contributed by atoms with Crippen molar-refractivity contribution >= 4 is 17.5 Å². The normalized spacial score (nSPS) is 12.3. The smallest absolute Gasteiger partial charge is 0.255 e. The van der Waals surface area contributed by atoms with Crippen molar-refractivity contribution in [1.29, 1.82) is 0 Å². The Morgan fingerprint density at radius 2 is 2.29 bits per heavy atom. The van der Waals surface area contributed by atoms with Gasteiger partial charge in [0.15, 0.2) is 0 Å². The predicted octanol–water partition coefficient (Wildman–Crippen LogP) is 2.08. The maximum absolute atomic E-state index is 12.0. The average Bonchev–Trinajstić information content (AvgIpc) is 2.35. The van der Waals surface area contributed by atoms with Gasteiger partial charge in [-0.15, -0.1) is 11.6 Å². The standard InChI is InChI=1S/C12H17ClN2O2/c1-8(2)10(6-13)15-12(16)9-4-5-14-7-11(9)17-3/h4-5,7-8,10H,6H2,1-3H3,(H,15,16). The second-order valence-corrected chi connectivity index (χ2v) is 4.36. The highest BCUT2D eigenvalue weighted by Crippen LogP contribution is 2.16. The monoisotopic (exact) mass is 256 g/mol. The molecule has 94 valence electrons. The fraction of sp³-hybridized carbons (Fsp3) is 0.500. The number of nitrogens with one attached hydrogen (secondary N) is 1. The molecule has 0 aliphatic carbocycles. The Kier molecular flexibility index (Phi) is 5.22. The quantitative estimate of drug-likeness (QED) is 0.821. The van der Waals surface area contributed by atoms with Crippen molar-refractivity contribution in [2.24, 2.45) is 5.92 Å². The number of aromatic nitrogens is 1. The second-order valence-electron chi connectivity index (χ2n) is 4.05. The summed E-state index contributed by atoms with van der Waals surface area (Å²) in [4.78, 5) is 15.9. The van der Waals surface area contributed by atoms with Crippen LogP contribution in [0.25, 0.3) is 0 Å². The molecule has 1 heterocycles. The van der Waals surface area contributed by atoms with Gasteiger partial charge in [-0.05, 0) is 12.0 Å². The maximum Gasteiger partial charge on any atom is 0.255 e. The van der Waals surface area contributed by atoms with Gasteiger partial charge < -0.3 is 10.1 Å². The van der Waals surface area contributed by atoms with E-state index < -0.39 is 0 Å². The summed E-state index contributed by atoms with van der Waals surface area (Å²) in [5.41, 5.74) is 0.471. The van der Waals surface area contributed by atoms with Gasteiger partial charge in [-0.1, -0.05) is 13.8 Å². The van der Waals surface area contributed by atoms with Crippen LogP contribution in [-0.4, -0.2) is 29.9 Å². The summed E-state index contributed by atoms with van der Waals surface area (Å²) in [6, 6.07) is 1.57. The van der Waals surface area contributed by atoms with Crippen molar-refractivity contribution in [2.75, 3.05) is 13.0 Å². The Balaban J connectivity index is 2.82. The van der Waals surface area contributed by atoms with Crippen LogP contribution in [0.1, 0.15) is 24.2 Å². The number of amides is 1. The van der Waals surface area contributed by atoms with Gasteiger partial charge in [-0.3, -0.25) is 9.78 Å². The number of halogens is 1. The minimum atomic E-state index is -0.191. The molecule has 4 nitrogen and oxygen atoms in total. The number of alkyl halides is 1. The molecule has 0 bridgehead atoms. The van der Waals surface area contributed by atoms with Gasteiger partial charge in [-0.2, -0.15) is 0 Å².